The van der Waals surface area contributed by atoms with Gasteiger partial charge in [-0.25, -0.2) is 9.18 Å². The SMILES string of the molecule is COc1ccc(NC(=O)c2ccc(-c3ccc(F)cc3)o2)cc1NC(=O)OC(C)(C)C. The van der Waals surface area contributed by atoms with Gasteiger partial charge in [0.25, 0.3) is 5.91 Å². The van der Waals surface area contributed by atoms with Gasteiger partial charge in [0.15, 0.2) is 5.76 Å². The Balaban J connectivity index is 1.74. The predicted octanol–water partition coefficient (Wildman–Crippen LogP) is 5.69. The number of carbonyl (C=O) groups is 2. The molecule has 3 rings (SSSR count). The minimum Gasteiger partial charge on any atom is -0.495 e. The first-order valence-corrected chi connectivity index (χ1v) is 9.50. The Hall–Kier alpha value is -3.81. The molecular weight excluding hydrogens is 403 g/mol. The number of carbonyl (C=O) groups excluding carboxylic acids is 2. The molecule has 0 bridgehead atoms. The van der Waals surface area contributed by atoms with Crippen LogP contribution in [0.1, 0.15) is 31.3 Å². The third-order valence-corrected chi connectivity index (χ3v) is 4.05. The number of halogens is 1. The second-order valence-electron chi connectivity index (χ2n) is 7.67. The summed E-state index contributed by atoms with van der Waals surface area (Å²) in [4.78, 5) is 24.7. The monoisotopic (exact) mass is 426 g/mol. The first-order valence-electron chi connectivity index (χ1n) is 9.50. The van der Waals surface area contributed by atoms with E-state index in [1.807, 2.05) is 0 Å². The molecule has 0 atom stereocenters. The lowest BCUT2D eigenvalue weighted by atomic mass is 10.2. The van der Waals surface area contributed by atoms with E-state index < -0.39 is 17.6 Å². The van der Waals surface area contributed by atoms with Crippen LogP contribution in [0.3, 0.4) is 0 Å². The van der Waals surface area contributed by atoms with Crippen molar-refractivity contribution in [3.05, 3.63) is 66.2 Å². The van der Waals surface area contributed by atoms with Crippen molar-refractivity contribution in [3.63, 3.8) is 0 Å². The van der Waals surface area contributed by atoms with E-state index in [4.69, 9.17) is 13.9 Å². The molecule has 0 spiro atoms. The number of amides is 2. The molecule has 2 aromatic carbocycles. The van der Waals surface area contributed by atoms with Gasteiger partial charge in [0.05, 0.1) is 12.8 Å². The number of methoxy groups -OCH3 is 1. The number of furan rings is 1. The van der Waals surface area contributed by atoms with Crippen LogP contribution in [0.15, 0.2) is 59.0 Å². The van der Waals surface area contributed by atoms with Crippen LogP contribution in [-0.4, -0.2) is 24.7 Å². The summed E-state index contributed by atoms with van der Waals surface area (Å²) in [5.41, 5.74) is 0.733. The van der Waals surface area contributed by atoms with E-state index >= 15 is 0 Å². The Bertz CT molecular complexity index is 1080. The Morgan fingerprint density at radius 1 is 0.968 bits per heavy atom. The molecule has 0 saturated carbocycles. The van der Waals surface area contributed by atoms with Gasteiger partial charge in [0, 0.05) is 11.3 Å². The lowest BCUT2D eigenvalue weighted by Crippen LogP contribution is -2.27. The Labute approximate surface area is 179 Å². The summed E-state index contributed by atoms with van der Waals surface area (Å²) < 4.78 is 29.2. The highest BCUT2D eigenvalue weighted by Gasteiger charge is 2.19. The van der Waals surface area contributed by atoms with Crippen LogP contribution in [0.4, 0.5) is 20.6 Å². The topological polar surface area (TPSA) is 89.8 Å². The molecule has 0 aliphatic rings. The zero-order valence-corrected chi connectivity index (χ0v) is 17.6. The minimum absolute atomic E-state index is 0.0804. The number of hydrogen-bond donors (Lipinski definition) is 2. The van der Waals surface area contributed by atoms with Gasteiger partial charge in [-0.3, -0.25) is 10.1 Å². The zero-order chi connectivity index (χ0) is 22.6. The second kappa shape index (κ2) is 8.91. The molecule has 0 fully saturated rings. The number of hydrogen-bond acceptors (Lipinski definition) is 5. The van der Waals surface area contributed by atoms with E-state index in [-0.39, 0.29) is 11.6 Å². The van der Waals surface area contributed by atoms with Gasteiger partial charge < -0.3 is 19.2 Å². The van der Waals surface area contributed by atoms with E-state index in [1.54, 1.807) is 57.2 Å². The summed E-state index contributed by atoms with van der Waals surface area (Å²) >= 11 is 0. The fraction of sp³-hybridized carbons (Fsp3) is 0.217. The van der Waals surface area contributed by atoms with Crippen LogP contribution < -0.4 is 15.4 Å². The largest absolute Gasteiger partial charge is 0.495 e. The highest BCUT2D eigenvalue weighted by atomic mass is 19.1. The molecule has 0 radical (unpaired) electrons. The molecule has 31 heavy (non-hydrogen) atoms. The molecule has 0 unspecified atom stereocenters. The molecule has 2 amide bonds. The molecule has 2 N–H and O–H groups in total. The van der Waals surface area contributed by atoms with Crippen molar-refractivity contribution >= 4 is 23.4 Å². The van der Waals surface area contributed by atoms with Crippen LogP contribution >= 0.6 is 0 Å². The summed E-state index contributed by atoms with van der Waals surface area (Å²) in [5, 5.41) is 5.32. The van der Waals surface area contributed by atoms with Gasteiger partial charge in [-0.15, -0.1) is 0 Å². The maximum atomic E-state index is 13.1. The molecular formula is C23H23FN2O5. The molecule has 3 aromatic rings. The number of nitrogens with one attached hydrogen (secondary N) is 2. The average Bonchev–Trinajstić information content (AvgIpc) is 3.17. The third-order valence-electron chi connectivity index (χ3n) is 4.05. The maximum absolute atomic E-state index is 13.1. The first-order chi connectivity index (χ1) is 14.6. The van der Waals surface area contributed by atoms with Crippen molar-refractivity contribution in [2.75, 3.05) is 17.7 Å². The summed E-state index contributed by atoms with van der Waals surface area (Å²) in [6.07, 6.45) is -0.649. The van der Waals surface area contributed by atoms with Crippen LogP contribution in [0.5, 0.6) is 5.75 Å². The predicted molar refractivity (Wildman–Crippen MR) is 115 cm³/mol. The average molecular weight is 426 g/mol. The molecule has 7 nitrogen and oxygen atoms in total. The second-order valence-corrected chi connectivity index (χ2v) is 7.67. The Morgan fingerprint density at radius 3 is 2.32 bits per heavy atom. The third kappa shape index (κ3) is 5.85. The first kappa shape index (κ1) is 21.9. The summed E-state index contributed by atoms with van der Waals surface area (Å²) in [6.45, 7) is 5.26. The molecule has 0 aliphatic heterocycles. The van der Waals surface area contributed by atoms with Gasteiger partial charge in [-0.2, -0.15) is 0 Å². The lowest BCUT2D eigenvalue weighted by molar-refractivity contribution is 0.0635. The quantitative estimate of drug-likeness (QED) is 0.547. The Kier molecular flexibility index (Phi) is 6.29. The smallest absolute Gasteiger partial charge is 0.412 e. The normalized spacial score (nSPS) is 11.0. The molecule has 8 heteroatoms. The van der Waals surface area contributed by atoms with Gasteiger partial charge in [0.2, 0.25) is 0 Å². The highest BCUT2D eigenvalue weighted by molar-refractivity contribution is 6.03. The number of ether oxygens (including phenoxy) is 2. The Morgan fingerprint density at radius 2 is 1.68 bits per heavy atom. The number of benzene rings is 2. The minimum atomic E-state index is -0.662. The molecule has 0 saturated heterocycles. The molecule has 1 heterocycles. The molecule has 1 aromatic heterocycles. The van der Waals surface area contributed by atoms with E-state index in [0.717, 1.165) is 0 Å². The van der Waals surface area contributed by atoms with E-state index in [9.17, 15) is 14.0 Å². The lowest BCUT2D eigenvalue weighted by Gasteiger charge is -2.20. The van der Waals surface area contributed by atoms with Crippen molar-refractivity contribution in [2.24, 2.45) is 0 Å². The highest BCUT2D eigenvalue weighted by Crippen LogP contribution is 2.29. The summed E-state index contributed by atoms with van der Waals surface area (Å²) in [6, 6.07) is 13.7. The number of anilines is 2. The standard InChI is InChI=1S/C23H23FN2O5/c1-23(2,3)31-22(28)26-17-13-16(9-10-19(17)29-4)25-21(27)20-12-11-18(30-20)14-5-7-15(24)8-6-14/h5-13H,1-4H3,(H,25,27)(H,26,28). The van der Waals surface area contributed by atoms with Gasteiger partial charge in [-0.1, -0.05) is 0 Å². The van der Waals surface area contributed by atoms with E-state index in [1.165, 1.54) is 25.3 Å². The van der Waals surface area contributed by atoms with Crippen LogP contribution in [0, 0.1) is 5.82 Å². The van der Waals surface area contributed by atoms with Crippen molar-refractivity contribution < 1.29 is 27.9 Å². The van der Waals surface area contributed by atoms with E-state index in [0.29, 0.717) is 28.4 Å². The molecule has 162 valence electrons. The van der Waals surface area contributed by atoms with E-state index in [2.05, 4.69) is 10.6 Å². The fourth-order valence-electron chi connectivity index (χ4n) is 2.72. The van der Waals surface area contributed by atoms with Crippen LogP contribution in [0.25, 0.3) is 11.3 Å². The fourth-order valence-corrected chi connectivity index (χ4v) is 2.72. The van der Waals surface area contributed by atoms with Crippen molar-refractivity contribution in [1.29, 1.82) is 0 Å². The van der Waals surface area contributed by atoms with Crippen LogP contribution in [0.2, 0.25) is 0 Å². The zero-order valence-electron chi connectivity index (χ0n) is 17.6. The summed E-state index contributed by atoms with van der Waals surface area (Å²) in [7, 11) is 1.47. The van der Waals surface area contributed by atoms with Gasteiger partial charge in [-0.05, 0) is 75.4 Å². The summed E-state index contributed by atoms with van der Waals surface area (Å²) in [5.74, 6) is 0.0785. The van der Waals surface area contributed by atoms with Crippen molar-refractivity contribution in [3.8, 4) is 17.1 Å². The maximum Gasteiger partial charge on any atom is 0.412 e. The van der Waals surface area contributed by atoms with Crippen molar-refractivity contribution in [2.45, 2.75) is 26.4 Å². The van der Waals surface area contributed by atoms with Gasteiger partial charge >= 0.3 is 6.09 Å². The van der Waals surface area contributed by atoms with Crippen LogP contribution in [-0.2, 0) is 4.74 Å². The molecule has 0 aliphatic carbocycles. The number of rotatable bonds is 5. The van der Waals surface area contributed by atoms with Crippen molar-refractivity contribution in [1.82, 2.24) is 0 Å². The van der Waals surface area contributed by atoms with Gasteiger partial charge in [0.1, 0.15) is 22.9 Å².